The number of amides is 1. The highest BCUT2D eigenvalue weighted by atomic mass is 35.5. The number of aromatic nitrogens is 1. The van der Waals surface area contributed by atoms with E-state index in [1.165, 1.54) is 0 Å². The number of nitrogens with one attached hydrogen (secondary N) is 1. The minimum atomic E-state index is -3.83. The number of carbonyl (C=O) groups excluding carboxylic acids is 1. The van der Waals surface area contributed by atoms with Gasteiger partial charge >= 0.3 is 10.2 Å². The van der Waals surface area contributed by atoms with Gasteiger partial charge in [-0.3, -0.25) is 4.79 Å². The van der Waals surface area contributed by atoms with Gasteiger partial charge in [0.25, 0.3) is 5.91 Å². The van der Waals surface area contributed by atoms with Gasteiger partial charge in [0, 0.05) is 0 Å². The van der Waals surface area contributed by atoms with E-state index >= 15 is 0 Å². The van der Waals surface area contributed by atoms with E-state index in [0.717, 1.165) is 15.6 Å². The zero-order chi connectivity index (χ0) is 14.4. The first-order valence-corrected chi connectivity index (χ1v) is 8.38. The van der Waals surface area contributed by atoms with Crippen molar-refractivity contribution in [3.8, 4) is 0 Å². The maximum Gasteiger partial charge on any atom is 0.304 e. The van der Waals surface area contributed by atoms with Crippen molar-refractivity contribution in [2.24, 2.45) is 5.92 Å². The van der Waals surface area contributed by atoms with Crippen LogP contribution in [0.15, 0.2) is 0 Å². The van der Waals surface area contributed by atoms with Gasteiger partial charge < -0.3 is 0 Å². The Labute approximate surface area is 124 Å². The predicted molar refractivity (Wildman–Crippen MR) is 73.4 cm³/mol. The predicted octanol–water partition coefficient (Wildman–Crippen LogP) is 1.65. The van der Waals surface area contributed by atoms with Crippen molar-refractivity contribution in [2.45, 2.75) is 26.4 Å². The van der Waals surface area contributed by atoms with Crippen LogP contribution in [-0.4, -0.2) is 29.7 Å². The van der Waals surface area contributed by atoms with Crippen LogP contribution in [0.5, 0.6) is 0 Å². The van der Waals surface area contributed by atoms with Gasteiger partial charge in [-0.05, 0) is 5.92 Å². The molecule has 1 aromatic rings. The molecule has 6 nitrogen and oxygen atoms in total. The van der Waals surface area contributed by atoms with Crippen LogP contribution < -0.4 is 4.72 Å². The van der Waals surface area contributed by atoms with E-state index in [0.29, 0.717) is 4.88 Å². The van der Waals surface area contributed by atoms with Gasteiger partial charge in [0.2, 0.25) is 0 Å². The summed E-state index contributed by atoms with van der Waals surface area (Å²) in [6.45, 7) is 3.39. The van der Waals surface area contributed by atoms with E-state index in [1.807, 2.05) is 0 Å². The largest absolute Gasteiger partial charge is 0.304 e. The average Bonchev–Trinajstić information content (AvgIpc) is 2.70. The highest BCUT2D eigenvalue weighted by molar-refractivity contribution is 7.88. The first-order valence-electron chi connectivity index (χ1n) is 5.37. The molecule has 0 aromatic carbocycles. The Hall–Kier alpha value is -0.410. The Morgan fingerprint density at radius 2 is 2.11 bits per heavy atom. The quantitative estimate of drug-likeness (QED) is 0.904. The SMILES string of the molecule is CC(C)[C@H]1NS(=O)(=O)N(Cc2sc(Cl)nc2Cl)C1=O. The Bertz CT molecular complexity index is 614. The van der Waals surface area contributed by atoms with E-state index in [2.05, 4.69) is 9.71 Å². The lowest BCUT2D eigenvalue weighted by molar-refractivity contribution is -0.127. The number of nitrogens with zero attached hydrogens (tertiary/aromatic N) is 2. The van der Waals surface area contributed by atoms with Crippen molar-refractivity contribution in [3.05, 3.63) is 14.5 Å². The molecule has 1 saturated heterocycles. The zero-order valence-electron chi connectivity index (χ0n) is 10.1. The van der Waals surface area contributed by atoms with Crippen molar-refractivity contribution in [1.29, 1.82) is 0 Å². The minimum Gasteiger partial charge on any atom is -0.272 e. The molecule has 0 aliphatic carbocycles. The second-order valence-corrected chi connectivity index (χ2v) is 8.02. The van der Waals surface area contributed by atoms with E-state index < -0.39 is 22.2 Å². The van der Waals surface area contributed by atoms with Crippen LogP contribution in [0.3, 0.4) is 0 Å². The minimum absolute atomic E-state index is 0.117. The molecule has 0 radical (unpaired) electrons. The Kier molecular flexibility index (Phi) is 4.08. The zero-order valence-corrected chi connectivity index (χ0v) is 13.2. The Morgan fingerprint density at radius 1 is 1.47 bits per heavy atom. The third-order valence-corrected chi connectivity index (χ3v) is 5.67. The summed E-state index contributed by atoms with van der Waals surface area (Å²) < 4.78 is 27.1. The van der Waals surface area contributed by atoms with E-state index in [-0.39, 0.29) is 22.1 Å². The first kappa shape index (κ1) is 15.0. The lowest BCUT2D eigenvalue weighted by atomic mass is 10.1. The number of hydrogen-bond acceptors (Lipinski definition) is 5. The molecule has 1 aliphatic rings. The molecule has 1 aliphatic heterocycles. The topological polar surface area (TPSA) is 79.4 Å². The number of carbonyl (C=O) groups is 1. The standard InChI is InChI=1S/C9H11Cl2N3O3S2/c1-4(2)6-8(15)14(19(16,17)13-6)3-5-7(10)12-9(11)18-5/h4,6,13H,3H2,1-2H3/t6-/m1/s1. The van der Waals surface area contributed by atoms with Crippen LogP contribution in [0.2, 0.25) is 9.62 Å². The third-order valence-electron chi connectivity index (χ3n) is 2.66. The fourth-order valence-corrected chi connectivity index (χ4v) is 4.60. The summed E-state index contributed by atoms with van der Waals surface area (Å²) in [7, 11) is -3.83. The second-order valence-electron chi connectivity index (χ2n) is 4.37. The van der Waals surface area contributed by atoms with Crippen LogP contribution in [0.4, 0.5) is 0 Å². The molecule has 1 aromatic heterocycles. The fraction of sp³-hybridized carbons (Fsp3) is 0.556. The summed E-state index contributed by atoms with van der Waals surface area (Å²) in [5.74, 6) is -0.622. The molecule has 106 valence electrons. The van der Waals surface area contributed by atoms with Crippen molar-refractivity contribution in [1.82, 2.24) is 14.0 Å². The molecule has 0 saturated carbocycles. The molecule has 2 rings (SSSR count). The third kappa shape index (κ3) is 2.87. The molecule has 0 bridgehead atoms. The van der Waals surface area contributed by atoms with E-state index in [4.69, 9.17) is 23.2 Å². The lowest BCUT2D eigenvalue weighted by Gasteiger charge is -2.13. The normalized spacial score (nSPS) is 22.5. The molecule has 0 unspecified atom stereocenters. The summed E-state index contributed by atoms with van der Waals surface area (Å²) in [5.41, 5.74) is 0. The molecule has 2 heterocycles. The molecule has 1 atom stereocenters. The highest BCUT2D eigenvalue weighted by Crippen LogP contribution is 2.30. The van der Waals surface area contributed by atoms with Gasteiger partial charge in [0.1, 0.15) is 11.2 Å². The molecule has 0 spiro atoms. The number of hydrogen-bond donors (Lipinski definition) is 1. The van der Waals surface area contributed by atoms with Crippen LogP contribution in [0.1, 0.15) is 18.7 Å². The monoisotopic (exact) mass is 343 g/mol. The second kappa shape index (κ2) is 5.17. The highest BCUT2D eigenvalue weighted by Gasteiger charge is 2.44. The van der Waals surface area contributed by atoms with Gasteiger partial charge in [-0.15, -0.1) is 11.3 Å². The van der Waals surface area contributed by atoms with Gasteiger partial charge in [0.15, 0.2) is 4.47 Å². The van der Waals surface area contributed by atoms with Gasteiger partial charge in [-0.25, -0.2) is 9.29 Å². The summed E-state index contributed by atoms with van der Waals surface area (Å²) in [6, 6.07) is -0.743. The molecule has 19 heavy (non-hydrogen) atoms. The van der Waals surface area contributed by atoms with Crippen LogP contribution in [0, 0.1) is 5.92 Å². The smallest absolute Gasteiger partial charge is 0.272 e. The first-order chi connectivity index (χ1) is 8.72. The van der Waals surface area contributed by atoms with Gasteiger partial charge in [-0.1, -0.05) is 37.0 Å². The summed E-state index contributed by atoms with van der Waals surface area (Å²) in [5, 5.41) is 0.117. The Morgan fingerprint density at radius 3 is 2.53 bits per heavy atom. The molecular weight excluding hydrogens is 333 g/mol. The van der Waals surface area contributed by atoms with E-state index in [1.54, 1.807) is 13.8 Å². The average molecular weight is 344 g/mol. The number of halogens is 2. The van der Waals surface area contributed by atoms with Crippen LogP contribution in [-0.2, 0) is 21.5 Å². The summed E-state index contributed by atoms with van der Waals surface area (Å²) >= 11 is 12.6. The number of thiazole rings is 1. The van der Waals surface area contributed by atoms with Crippen molar-refractivity contribution >= 4 is 50.7 Å². The van der Waals surface area contributed by atoms with Crippen molar-refractivity contribution in [3.63, 3.8) is 0 Å². The van der Waals surface area contributed by atoms with Gasteiger partial charge in [0.05, 0.1) is 11.4 Å². The number of rotatable bonds is 3. The molecule has 1 fully saturated rings. The molecular formula is C9H11Cl2N3O3S2. The lowest BCUT2D eigenvalue weighted by Crippen LogP contribution is -2.34. The van der Waals surface area contributed by atoms with Crippen LogP contribution >= 0.6 is 34.5 Å². The van der Waals surface area contributed by atoms with Crippen LogP contribution in [0.25, 0.3) is 0 Å². The molecule has 1 amide bonds. The maximum absolute atomic E-state index is 12.1. The van der Waals surface area contributed by atoms with Crippen molar-refractivity contribution < 1.29 is 13.2 Å². The summed E-state index contributed by atoms with van der Waals surface area (Å²) in [4.78, 5) is 16.3. The fourth-order valence-electron chi connectivity index (χ4n) is 1.67. The molecule has 1 N–H and O–H groups in total. The van der Waals surface area contributed by atoms with Crippen molar-refractivity contribution in [2.75, 3.05) is 0 Å². The van der Waals surface area contributed by atoms with Gasteiger partial charge in [-0.2, -0.15) is 13.1 Å². The maximum atomic E-state index is 12.1. The summed E-state index contributed by atoms with van der Waals surface area (Å²) in [6.07, 6.45) is 0. The Balaban J connectivity index is 2.29. The molecule has 10 heteroatoms. The van der Waals surface area contributed by atoms with E-state index in [9.17, 15) is 13.2 Å².